The molecule has 0 saturated carbocycles. The topological polar surface area (TPSA) is 103 Å². The summed E-state index contributed by atoms with van der Waals surface area (Å²) in [6, 6.07) is 0.114. The molecular formula is C22H36N4O4S. The second kappa shape index (κ2) is 9.73. The van der Waals surface area contributed by atoms with Crippen molar-refractivity contribution >= 4 is 21.8 Å². The summed E-state index contributed by atoms with van der Waals surface area (Å²) in [5.41, 5.74) is 1.36. The molecule has 2 N–H and O–H groups in total. The van der Waals surface area contributed by atoms with Crippen LogP contribution in [0.3, 0.4) is 0 Å². The Morgan fingerprint density at radius 1 is 1.06 bits per heavy atom. The summed E-state index contributed by atoms with van der Waals surface area (Å²) < 4.78 is 28.6. The van der Waals surface area contributed by atoms with E-state index < -0.39 is 10.0 Å². The molecule has 1 aromatic rings. The molecule has 0 bridgehead atoms. The molecule has 9 heteroatoms. The second-order valence-electron chi connectivity index (χ2n) is 8.93. The highest BCUT2D eigenvalue weighted by Crippen LogP contribution is 2.31. The number of rotatable bonds is 6. The molecule has 1 unspecified atom stereocenters. The van der Waals surface area contributed by atoms with E-state index in [2.05, 4.69) is 10.3 Å². The SMILES string of the molecule is CCC(C)NC(=O)C1CCN(S(=O)(=O)c2c(C)[nH]c(C)c2C(=O)N2CCCCC2)CC1. The lowest BCUT2D eigenvalue weighted by atomic mass is 9.97. The fourth-order valence-corrected chi connectivity index (χ4v) is 6.43. The van der Waals surface area contributed by atoms with Crippen LogP contribution in [0.4, 0.5) is 0 Å². The van der Waals surface area contributed by atoms with Crippen LogP contribution in [-0.4, -0.2) is 66.6 Å². The van der Waals surface area contributed by atoms with Crippen molar-refractivity contribution in [3.63, 3.8) is 0 Å². The number of aryl methyl sites for hydroxylation is 2. The number of hydrogen-bond donors (Lipinski definition) is 2. The van der Waals surface area contributed by atoms with Gasteiger partial charge in [0.1, 0.15) is 4.90 Å². The number of amides is 2. The van der Waals surface area contributed by atoms with Gasteiger partial charge in [-0.2, -0.15) is 4.31 Å². The number of carbonyl (C=O) groups is 2. The zero-order valence-electron chi connectivity index (χ0n) is 19.2. The normalized spacial score (nSPS) is 19.9. The third kappa shape index (κ3) is 4.98. The van der Waals surface area contributed by atoms with Crippen LogP contribution in [0.2, 0.25) is 0 Å². The summed E-state index contributed by atoms with van der Waals surface area (Å²) in [4.78, 5) is 30.6. The molecule has 0 aromatic carbocycles. The first-order valence-corrected chi connectivity index (χ1v) is 12.9. The van der Waals surface area contributed by atoms with Crippen molar-refractivity contribution < 1.29 is 18.0 Å². The fourth-order valence-electron chi connectivity index (χ4n) is 4.54. The van der Waals surface area contributed by atoms with E-state index in [1.165, 1.54) is 4.31 Å². The number of likely N-dealkylation sites (tertiary alicyclic amines) is 1. The third-order valence-corrected chi connectivity index (χ3v) is 8.67. The molecule has 2 aliphatic rings. The van der Waals surface area contributed by atoms with Gasteiger partial charge in [-0.05, 0) is 59.3 Å². The van der Waals surface area contributed by atoms with E-state index in [0.717, 1.165) is 25.7 Å². The maximum Gasteiger partial charge on any atom is 0.257 e. The Balaban J connectivity index is 1.78. The zero-order valence-corrected chi connectivity index (χ0v) is 20.0. The first-order chi connectivity index (χ1) is 14.7. The molecule has 2 aliphatic heterocycles. The molecule has 2 amide bonds. The van der Waals surface area contributed by atoms with E-state index in [1.807, 2.05) is 13.8 Å². The Labute approximate surface area is 185 Å². The first-order valence-electron chi connectivity index (χ1n) is 11.5. The van der Waals surface area contributed by atoms with Crippen LogP contribution < -0.4 is 5.32 Å². The van der Waals surface area contributed by atoms with Crippen LogP contribution in [0, 0.1) is 19.8 Å². The minimum atomic E-state index is -3.84. The van der Waals surface area contributed by atoms with Crippen LogP contribution in [0.25, 0.3) is 0 Å². The Kier molecular flexibility index (Phi) is 7.47. The van der Waals surface area contributed by atoms with Gasteiger partial charge in [0.05, 0.1) is 5.56 Å². The lowest BCUT2D eigenvalue weighted by Gasteiger charge is -2.32. The predicted molar refractivity (Wildman–Crippen MR) is 119 cm³/mol. The quantitative estimate of drug-likeness (QED) is 0.692. The summed E-state index contributed by atoms with van der Waals surface area (Å²) in [5, 5.41) is 3.00. The van der Waals surface area contributed by atoms with Crippen LogP contribution in [0.1, 0.15) is 74.1 Å². The highest BCUT2D eigenvalue weighted by Gasteiger charge is 2.38. The number of nitrogens with one attached hydrogen (secondary N) is 2. The molecule has 3 heterocycles. The van der Waals surface area contributed by atoms with Crippen LogP contribution >= 0.6 is 0 Å². The van der Waals surface area contributed by atoms with Crippen molar-refractivity contribution in [2.24, 2.45) is 5.92 Å². The van der Waals surface area contributed by atoms with Gasteiger partial charge >= 0.3 is 0 Å². The lowest BCUT2D eigenvalue weighted by Crippen LogP contribution is -2.45. The highest BCUT2D eigenvalue weighted by molar-refractivity contribution is 7.89. The van der Waals surface area contributed by atoms with Gasteiger partial charge in [0.25, 0.3) is 5.91 Å². The van der Waals surface area contributed by atoms with Gasteiger partial charge in [-0.1, -0.05) is 6.92 Å². The van der Waals surface area contributed by atoms with Gasteiger partial charge in [0.2, 0.25) is 15.9 Å². The molecule has 1 atom stereocenters. The van der Waals surface area contributed by atoms with E-state index in [1.54, 1.807) is 18.7 Å². The number of hydrogen-bond acceptors (Lipinski definition) is 4. The smallest absolute Gasteiger partial charge is 0.257 e. The molecule has 0 spiro atoms. The lowest BCUT2D eigenvalue weighted by molar-refractivity contribution is -0.126. The standard InChI is InChI=1S/C22H36N4O4S/c1-5-15(2)23-21(27)18-9-13-26(14-10-18)31(29,30)20-17(4)24-16(3)19(20)22(28)25-11-7-6-8-12-25/h15,18,24H,5-14H2,1-4H3,(H,23,27). The maximum absolute atomic E-state index is 13.6. The molecule has 0 aliphatic carbocycles. The number of sulfonamides is 1. The molecule has 1 aromatic heterocycles. The number of carbonyl (C=O) groups excluding carboxylic acids is 2. The van der Waals surface area contributed by atoms with Crippen molar-refractivity contribution in [2.75, 3.05) is 26.2 Å². The summed E-state index contributed by atoms with van der Waals surface area (Å²) in [6.45, 7) is 9.34. The highest BCUT2D eigenvalue weighted by atomic mass is 32.2. The molecule has 31 heavy (non-hydrogen) atoms. The summed E-state index contributed by atoms with van der Waals surface area (Å²) in [7, 11) is -3.84. The van der Waals surface area contributed by atoms with E-state index in [-0.39, 0.29) is 47.3 Å². The Hall–Kier alpha value is -1.87. The minimum Gasteiger partial charge on any atom is -0.361 e. The second-order valence-corrected chi connectivity index (χ2v) is 10.8. The van der Waals surface area contributed by atoms with Crippen LogP contribution in [-0.2, 0) is 14.8 Å². The van der Waals surface area contributed by atoms with Gasteiger partial charge in [0.15, 0.2) is 0 Å². The van der Waals surface area contributed by atoms with E-state index >= 15 is 0 Å². The Morgan fingerprint density at radius 2 is 1.68 bits per heavy atom. The molecule has 0 radical (unpaired) electrons. The molecule has 2 fully saturated rings. The van der Waals surface area contributed by atoms with Crippen molar-refractivity contribution in [3.05, 3.63) is 17.0 Å². The third-order valence-electron chi connectivity index (χ3n) is 6.60. The van der Waals surface area contributed by atoms with Gasteiger partial charge in [-0.25, -0.2) is 8.42 Å². The fraction of sp³-hybridized carbons (Fsp3) is 0.727. The van der Waals surface area contributed by atoms with Crippen molar-refractivity contribution in [1.29, 1.82) is 0 Å². The summed E-state index contributed by atoms with van der Waals surface area (Å²) in [5.74, 6) is -0.382. The maximum atomic E-state index is 13.6. The van der Waals surface area contributed by atoms with Crippen molar-refractivity contribution in [1.82, 2.24) is 19.5 Å². The Bertz CT molecular complexity index is 910. The molecule has 2 saturated heterocycles. The first kappa shape index (κ1) is 23.8. The number of aromatic amines is 1. The monoisotopic (exact) mass is 452 g/mol. The van der Waals surface area contributed by atoms with Crippen molar-refractivity contribution in [3.8, 4) is 0 Å². The molecule has 3 rings (SSSR count). The number of aromatic nitrogens is 1. The van der Waals surface area contributed by atoms with E-state index in [4.69, 9.17) is 0 Å². The zero-order chi connectivity index (χ0) is 22.8. The van der Waals surface area contributed by atoms with Gasteiger partial charge < -0.3 is 15.2 Å². The van der Waals surface area contributed by atoms with E-state index in [9.17, 15) is 18.0 Å². The van der Waals surface area contributed by atoms with Crippen molar-refractivity contribution in [2.45, 2.75) is 77.2 Å². The average Bonchev–Trinajstić information content (AvgIpc) is 3.08. The molecule has 174 valence electrons. The van der Waals surface area contributed by atoms with Gasteiger partial charge in [0, 0.05) is 49.5 Å². The van der Waals surface area contributed by atoms with Crippen LogP contribution in [0.15, 0.2) is 4.90 Å². The summed E-state index contributed by atoms with van der Waals surface area (Å²) in [6.07, 6.45) is 4.82. The van der Waals surface area contributed by atoms with Gasteiger partial charge in [-0.3, -0.25) is 9.59 Å². The van der Waals surface area contributed by atoms with Crippen LogP contribution in [0.5, 0.6) is 0 Å². The predicted octanol–water partition coefficient (Wildman–Crippen LogP) is 2.57. The molecular weight excluding hydrogens is 416 g/mol. The largest absolute Gasteiger partial charge is 0.361 e. The summed E-state index contributed by atoms with van der Waals surface area (Å²) >= 11 is 0. The minimum absolute atomic E-state index is 0.000956. The Morgan fingerprint density at radius 3 is 2.26 bits per heavy atom. The number of H-pyrrole nitrogens is 1. The number of nitrogens with zero attached hydrogens (tertiary/aromatic N) is 2. The van der Waals surface area contributed by atoms with E-state index in [0.29, 0.717) is 37.3 Å². The average molecular weight is 453 g/mol. The number of piperidine rings is 2. The molecule has 8 nitrogen and oxygen atoms in total. The van der Waals surface area contributed by atoms with Gasteiger partial charge in [-0.15, -0.1) is 0 Å².